The fourth-order valence-corrected chi connectivity index (χ4v) is 1.57. The van der Waals surface area contributed by atoms with E-state index in [1.54, 1.807) is 0 Å². The first-order valence-corrected chi connectivity index (χ1v) is 5.34. The van der Waals surface area contributed by atoms with Crippen LogP contribution < -0.4 is 5.14 Å². The van der Waals surface area contributed by atoms with Crippen molar-refractivity contribution >= 4 is 10.0 Å². The zero-order chi connectivity index (χ0) is 12.6. The van der Waals surface area contributed by atoms with Gasteiger partial charge < -0.3 is 0 Å². The molecule has 2 N–H and O–H groups in total. The summed E-state index contributed by atoms with van der Waals surface area (Å²) >= 11 is 0. The Hall–Kier alpha value is -1.59. The number of nitrogens with two attached hydrogens (primary N) is 1. The topological polar surface area (TPSA) is 83.9 Å². The molecule has 16 heavy (non-hydrogen) atoms. The highest BCUT2D eigenvalue weighted by Gasteiger charge is 2.32. The molecule has 0 atom stereocenters. The van der Waals surface area contributed by atoms with E-state index in [2.05, 4.69) is 5.14 Å². The van der Waals surface area contributed by atoms with Crippen LogP contribution in [0.25, 0.3) is 0 Å². The Morgan fingerprint density at radius 2 is 1.81 bits per heavy atom. The van der Waals surface area contributed by atoms with Crippen LogP contribution in [0.15, 0.2) is 23.1 Å². The summed E-state index contributed by atoms with van der Waals surface area (Å²) in [5, 5.41) is 13.2. The first-order valence-electron chi connectivity index (χ1n) is 3.80. The summed E-state index contributed by atoms with van der Waals surface area (Å²) in [6.07, 6.45) is -4.73. The highest BCUT2D eigenvalue weighted by molar-refractivity contribution is 7.89. The van der Waals surface area contributed by atoms with E-state index >= 15 is 0 Å². The summed E-state index contributed by atoms with van der Waals surface area (Å²) in [6, 6.07) is 3.15. The third-order valence-electron chi connectivity index (χ3n) is 1.69. The fourth-order valence-electron chi connectivity index (χ4n) is 0.992. The maximum atomic E-state index is 12.3. The molecular weight excluding hydrogens is 245 g/mol. The molecule has 1 rings (SSSR count). The van der Waals surface area contributed by atoms with E-state index in [0.717, 1.165) is 6.07 Å². The van der Waals surface area contributed by atoms with Gasteiger partial charge in [-0.1, -0.05) is 0 Å². The second-order valence-corrected chi connectivity index (χ2v) is 4.46. The van der Waals surface area contributed by atoms with Gasteiger partial charge in [-0.25, -0.2) is 13.6 Å². The fraction of sp³-hybridized carbons (Fsp3) is 0.125. The standard InChI is InChI=1S/C8H5F3N2O2S/c9-8(10,11)6-1-5(4-12)2-7(3-6)16(13,14)15/h1-3H,(H2,13,14,15). The minimum atomic E-state index is -4.73. The molecule has 4 nitrogen and oxygen atoms in total. The van der Waals surface area contributed by atoms with Gasteiger partial charge in [-0.05, 0) is 18.2 Å². The Morgan fingerprint density at radius 1 is 1.25 bits per heavy atom. The smallest absolute Gasteiger partial charge is 0.225 e. The number of benzene rings is 1. The van der Waals surface area contributed by atoms with Gasteiger partial charge >= 0.3 is 6.18 Å². The van der Waals surface area contributed by atoms with Gasteiger partial charge in [-0.15, -0.1) is 0 Å². The van der Waals surface area contributed by atoms with Crippen LogP contribution in [0.4, 0.5) is 13.2 Å². The molecule has 0 aliphatic carbocycles. The normalized spacial score (nSPS) is 12.2. The van der Waals surface area contributed by atoms with Crippen LogP contribution >= 0.6 is 0 Å². The predicted octanol–water partition coefficient (Wildman–Crippen LogP) is 1.22. The molecule has 1 aromatic rings. The average Bonchev–Trinajstić information content (AvgIpc) is 2.14. The molecule has 0 saturated carbocycles. The van der Waals surface area contributed by atoms with Crippen molar-refractivity contribution in [2.75, 3.05) is 0 Å². The van der Waals surface area contributed by atoms with Crippen molar-refractivity contribution in [1.29, 1.82) is 5.26 Å². The summed E-state index contributed by atoms with van der Waals surface area (Å²) in [6.45, 7) is 0. The second kappa shape index (κ2) is 3.77. The summed E-state index contributed by atoms with van der Waals surface area (Å²) in [5.41, 5.74) is -1.64. The minimum Gasteiger partial charge on any atom is -0.225 e. The van der Waals surface area contributed by atoms with Gasteiger partial charge in [0.15, 0.2) is 0 Å². The molecule has 0 heterocycles. The van der Waals surface area contributed by atoms with Crippen molar-refractivity contribution in [1.82, 2.24) is 0 Å². The summed E-state index contributed by atoms with van der Waals surface area (Å²) in [7, 11) is -4.27. The Bertz CT molecular complexity index is 558. The second-order valence-electron chi connectivity index (χ2n) is 2.90. The van der Waals surface area contributed by atoms with Crippen molar-refractivity contribution in [2.45, 2.75) is 11.1 Å². The molecule has 0 spiro atoms. The first kappa shape index (κ1) is 12.5. The van der Waals surface area contributed by atoms with Crippen molar-refractivity contribution in [3.63, 3.8) is 0 Å². The largest absolute Gasteiger partial charge is 0.416 e. The number of rotatable bonds is 1. The predicted molar refractivity (Wildman–Crippen MR) is 47.5 cm³/mol. The van der Waals surface area contributed by atoms with Crippen LogP contribution in [0.3, 0.4) is 0 Å². The lowest BCUT2D eigenvalue weighted by atomic mass is 10.1. The van der Waals surface area contributed by atoms with Crippen LogP contribution in [0.5, 0.6) is 0 Å². The number of alkyl halides is 3. The molecule has 1 aromatic carbocycles. The molecule has 0 aromatic heterocycles. The first-order chi connectivity index (χ1) is 7.14. The number of halogens is 3. The number of hydrogen-bond acceptors (Lipinski definition) is 3. The van der Waals surface area contributed by atoms with Gasteiger partial charge in [0.25, 0.3) is 0 Å². The third kappa shape index (κ3) is 2.71. The molecule has 0 amide bonds. The van der Waals surface area contributed by atoms with Crippen LogP contribution in [0.2, 0.25) is 0 Å². The van der Waals surface area contributed by atoms with Gasteiger partial charge in [0.1, 0.15) is 0 Å². The van der Waals surface area contributed by atoms with Crippen molar-refractivity contribution in [3.05, 3.63) is 29.3 Å². The number of sulfonamides is 1. The lowest BCUT2D eigenvalue weighted by molar-refractivity contribution is -0.137. The lowest BCUT2D eigenvalue weighted by Crippen LogP contribution is -2.14. The van der Waals surface area contributed by atoms with E-state index < -0.39 is 32.2 Å². The van der Waals surface area contributed by atoms with Gasteiger partial charge in [0.05, 0.1) is 22.1 Å². The number of nitrogens with zero attached hydrogens (tertiary/aromatic N) is 1. The highest BCUT2D eigenvalue weighted by atomic mass is 32.2. The minimum absolute atomic E-state index is 0.385. The van der Waals surface area contributed by atoms with Crippen LogP contribution in [0, 0.1) is 11.3 Å². The number of primary sulfonamides is 1. The SMILES string of the molecule is N#Cc1cc(C(F)(F)F)cc(S(N)(=O)=O)c1. The van der Waals surface area contributed by atoms with Crippen molar-refractivity contribution in [2.24, 2.45) is 5.14 Å². The molecule has 0 bridgehead atoms. The van der Waals surface area contributed by atoms with Crippen molar-refractivity contribution < 1.29 is 21.6 Å². The maximum absolute atomic E-state index is 12.3. The quantitative estimate of drug-likeness (QED) is 0.813. The molecule has 0 unspecified atom stereocenters. The average molecular weight is 250 g/mol. The Morgan fingerprint density at radius 3 is 2.19 bits per heavy atom. The van der Waals surface area contributed by atoms with E-state index in [0.29, 0.717) is 12.1 Å². The molecule has 0 aliphatic rings. The number of hydrogen-bond donors (Lipinski definition) is 1. The van der Waals surface area contributed by atoms with E-state index in [-0.39, 0.29) is 0 Å². The Kier molecular flexibility index (Phi) is 2.94. The van der Waals surface area contributed by atoms with Gasteiger partial charge in [0.2, 0.25) is 10.0 Å². The summed E-state index contributed by atoms with van der Waals surface area (Å²) in [5.74, 6) is 0. The molecule has 0 saturated heterocycles. The third-order valence-corrected chi connectivity index (χ3v) is 2.58. The molecular formula is C8H5F3N2O2S. The maximum Gasteiger partial charge on any atom is 0.416 e. The zero-order valence-corrected chi connectivity index (χ0v) is 8.43. The van der Waals surface area contributed by atoms with Crippen LogP contribution in [-0.2, 0) is 16.2 Å². The Balaban J connectivity index is 3.53. The van der Waals surface area contributed by atoms with Gasteiger partial charge in [0, 0.05) is 0 Å². The monoisotopic (exact) mass is 250 g/mol. The Labute approximate surface area is 89.2 Å². The van der Waals surface area contributed by atoms with Crippen molar-refractivity contribution in [3.8, 4) is 6.07 Å². The van der Waals surface area contributed by atoms with E-state index in [4.69, 9.17) is 5.26 Å². The molecule has 0 fully saturated rings. The van der Waals surface area contributed by atoms with E-state index in [1.165, 1.54) is 6.07 Å². The van der Waals surface area contributed by atoms with Crippen LogP contribution in [0.1, 0.15) is 11.1 Å². The van der Waals surface area contributed by atoms with E-state index in [9.17, 15) is 21.6 Å². The molecule has 0 radical (unpaired) electrons. The van der Waals surface area contributed by atoms with Gasteiger partial charge in [-0.3, -0.25) is 0 Å². The summed E-state index contributed by atoms with van der Waals surface area (Å²) < 4.78 is 58.7. The van der Waals surface area contributed by atoms with Crippen LogP contribution in [-0.4, -0.2) is 8.42 Å². The number of nitriles is 1. The lowest BCUT2D eigenvalue weighted by Gasteiger charge is -2.08. The highest BCUT2D eigenvalue weighted by Crippen LogP contribution is 2.31. The van der Waals surface area contributed by atoms with E-state index in [1.807, 2.05) is 0 Å². The zero-order valence-electron chi connectivity index (χ0n) is 7.62. The molecule has 0 aliphatic heterocycles. The van der Waals surface area contributed by atoms with Gasteiger partial charge in [-0.2, -0.15) is 18.4 Å². The summed E-state index contributed by atoms with van der Waals surface area (Å²) in [4.78, 5) is -0.737. The molecule has 86 valence electrons. The molecule has 8 heteroatoms.